The molecule has 0 saturated carbocycles. The van der Waals surface area contributed by atoms with Gasteiger partial charge in [0, 0.05) is 17.6 Å². The number of nitrogens with one attached hydrogen (secondary N) is 2. The summed E-state index contributed by atoms with van der Waals surface area (Å²) in [5.41, 5.74) is 0. The third-order valence-corrected chi connectivity index (χ3v) is 5.27. The first-order valence-electron chi connectivity index (χ1n) is 5.28. The van der Waals surface area contributed by atoms with Crippen molar-refractivity contribution in [2.75, 3.05) is 13.1 Å². The van der Waals surface area contributed by atoms with Gasteiger partial charge in [-0.25, -0.2) is 13.1 Å². The summed E-state index contributed by atoms with van der Waals surface area (Å²) >= 11 is 17.6. The van der Waals surface area contributed by atoms with E-state index in [0.29, 0.717) is 11.6 Å². The van der Waals surface area contributed by atoms with E-state index in [1.165, 1.54) is 12.1 Å². The van der Waals surface area contributed by atoms with Crippen LogP contribution in [-0.4, -0.2) is 27.5 Å². The third kappa shape index (κ3) is 3.10. The molecule has 1 saturated heterocycles. The zero-order valence-electron chi connectivity index (χ0n) is 9.21. The summed E-state index contributed by atoms with van der Waals surface area (Å²) in [4.78, 5) is -0.123. The summed E-state index contributed by atoms with van der Waals surface area (Å²) in [5, 5.41) is 3.41. The van der Waals surface area contributed by atoms with Crippen LogP contribution in [0.2, 0.25) is 15.1 Å². The first kappa shape index (κ1) is 14.4. The van der Waals surface area contributed by atoms with Crippen LogP contribution in [0.25, 0.3) is 0 Å². The van der Waals surface area contributed by atoms with Crippen molar-refractivity contribution in [3.8, 4) is 0 Å². The summed E-state index contributed by atoms with van der Waals surface area (Å²) in [6.45, 7) is 1.39. The summed E-state index contributed by atoms with van der Waals surface area (Å²) in [7, 11) is -3.73. The first-order chi connectivity index (χ1) is 8.40. The minimum atomic E-state index is -3.73. The number of rotatable bonds is 3. The molecule has 1 fully saturated rings. The molecule has 0 radical (unpaired) electrons. The highest BCUT2D eigenvalue weighted by atomic mass is 35.5. The third-order valence-electron chi connectivity index (χ3n) is 2.61. The second kappa shape index (κ2) is 5.53. The second-order valence-corrected chi connectivity index (χ2v) is 6.91. The van der Waals surface area contributed by atoms with Gasteiger partial charge in [0.05, 0.1) is 10.0 Å². The molecular weight excluding hydrogens is 319 g/mol. The van der Waals surface area contributed by atoms with Crippen LogP contribution < -0.4 is 10.0 Å². The fourth-order valence-corrected chi connectivity index (χ4v) is 4.63. The van der Waals surface area contributed by atoms with Crippen LogP contribution in [0.15, 0.2) is 17.0 Å². The molecule has 100 valence electrons. The molecule has 4 nitrogen and oxygen atoms in total. The van der Waals surface area contributed by atoms with E-state index in [4.69, 9.17) is 34.8 Å². The van der Waals surface area contributed by atoms with Gasteiger partial charge in [-0.1, -0.05) is 34.8 Å². The number of benzene rings is 1. The smallest absolute Gasteiger partial charge is 0.243 e. The van der Waals surface area contributed by atoms with Crippen LogP contribution in [0.5, 0.6) is 0 Å². The van der Waals surface area contributed by atoms with Crippen LogP contribution in [0.3, 0.4) is 0 Å². The summed E-state index contributed by atoms with van der Waals surface area (Å²) in [5.74, 6) is 0. The standard InChI is InChI=1S/C10H11Cl3N2O2S/c11-6-3-8(12)10(9(13)4-6)18(16,17)15-7-1-2-14-5-7/h3-4,7,14-15H,1-2,5H2/t7-/m0/s1. The largest absolute Gasteiger partial charge is 0.315 e. The summed E-state index contributed by atoms with van der Waals surface area (Å²) < 4.78 is 27.0. The minimum absolute atomic E-state index is 0.0194. The van der Waals surface area contributed by atoms with Gasteiger partial charge >= 0.3 is 0 Å². The van der Waals surface area contributed by atoms with E-state index in [2.05, 4.69) is 10.0 Å². The molecule has 1 aromatic rings. The fraction of sp³-hybridized carbons (Fsp3) is 0.400. The molecule has 1 heterocycles. The van der Waals surface area contributed by atoms with Crippen molar-refractivity contribution in [3.63, 3.8) is 0 Å². The predicted molar refractivity (Wildman–Crippen MR) is 73.1 cm³/mol. The second-order valence-electron chi connectivity index (χ2n) is 4.01. The summed E-state index contributed by atoms with van der Waals surface area (Å²) in [6.07, 6.45) is 0.738. The SMILES string of the molecule is O=S(=O)(N[C@H]1CCNC1)c1c(Cl)cc(Cl)cc1Cl. The Morgan fingerprint density at radius 2 is 1.83 bits per heavy atom. The van der Waals surface area contributed by atoms with Crippen molar-refractivity contribution in [3.05, 3.63) is 27.2 Å². The van der Waals surface area contributed by atoms with Gasteiger partial charge in [-0.3, -0.25) is 0 Å². The van der Waals surface area contributed by atoms with Crippen LogP contribution in [-0.2, 0) is 10.0 Å². The summed E-state index contributed by atoms with van der Waals surface area (Å²) in [6, 6.07) is 2.57. The normalized spacial score (nSPS) is 20.3. The maximum Gasteiger partial charge on any atom is 0.243 e. The Hall–Kier alpha value is -0.0400. The van der Waals surface area contributed by atoms with Gasteiger partial charge < -0.3 is 5.32 Å². The fourth-order valence-electron chi connectivity index (χ4n) is 1.82. The Bertz CT molecular complexity index is 533. The lowest BCUT2D eigenvalue weighted by Crippen LogP contribution is -2.36. The zero-order chi connectivity index (χ0) is 13.3. The molecule has 18 heavy (non-hydrogen) atoms. The lowest BCUT2D eigenvalue weighted by molar-refractivity contribution is 0.560. The highest BCUT2D eigenvalue weighted by Crippen LogP contribution is 2.32. The van der Waals surface area contributed by atoms with Gasteiger partial charge in [0.15, 0.2) is 0 Å². The van der Waals surface area contributed by atoms with E-state index in [1.807, 2.05) is 0 Å². The Morgan fingerprint density at radius 1 is 1.22 bits per heavy atom. The van der Waals surface area contributed by atoms with Crippen molar-refractivity contribution in [1.29, 1.82) is 0 Å². The lowest BCUT2D eigenvalue weighted by atomic mass is 10.3. The number of sulfonamides is 1. The number of halogens is 3. The molecule has 0 unspecified atom stereocenters. The zero-order valence-corrected chi connectivity index (χ0v) is 12.3. The highest BCUT2D eigenvalue weighted by molar-refractivity contribution is 7.89. The van der Waals surface area contributed by atoms with E-state index < -0.39 is 10.0 Å². The first-order valence-corrected chi connectivity index (χ1v) is 7.89. The van der Waals surface area contributed by atoms with Crippen molar-refractivity contribution < 1.29 is 8.42 Å². The monoisotopic (exact) mass is 328 g/mol. The van der Waals surface area contributed by atoms with Gasteiger partial charge in [0.25, 0.3) is 0 Å². The van der Waals surface area contributed by atoms with Crippen molar-refractivity contribution in [1.82, 2.24) is 10.0 Å². The molecule has 1 aliphatic rings. The molecule has 0 spiro atoms. The number of hydrogen-bond acceptors (Lipinski definition) is 3. The molecule has 0 bridgehead atoms. The average Bonchev–Trinajstić information content (AvgIpc) is 2.66. The molecule has 1 atom stereocenters. The van der Waals surface area contributed by atoms with Gasteiger partial charge in [0.1, 0.15) is 4.90 Å². The van der Waals surface area contributed by atoms with E-state index >= 15 is 0 Å². The molecule has 0 aromatic heterocycles. The van der Waals surface area contributed by atoms with Gasteiger partial charge in [0.2, 0.25) is 10.0 Å². The van der Waals surface area contributed by atoms with Crippen LogP contribution in [0.4, 0.5) is 0 Å². The van der Waals surface area contributed by atoms with E-state index in [1.54, 1.807) is 0 Å². The van der Waals surface area contributed by atoms with Crippen LogP contribution in [0.1, 0.15) is 6.42 Å². The maximum atomic E-state index is 12.2. The molecule has 2 N–H and O–H groups in total. The van der Waals surface area contributed by atoms with Gasteiger partial charge in [-0.2, -0.15) is 0 Å². The predicted octanol–water partition coefficient (Wildman–Crippen LogP) is 2.29. The molecule has 1 aromatic carbocycles. The maximum absolute atomic E-state index is 12.2. The van der Waals surface area contributed by atoms with Gasteiger partial charge in [-0.15, -0.1) is 0 Å². The van der Waals surface area contributed by atoms with E-state index in [-0.39, 0.29) is 21.0 Å². The Balaban J connectivity index is 2.34. The molecular formula is C10H11Cl3N2O2S. The molecule has 8 heteroatoms. The minimum Gasteiger partial charge on any atom is -0.315 e. The van der Waals surface area contributed by atoms with E-state index in [0.717, 1.165) is 13.0 Å². The van der Waals surface area contributed by atoms with Crippen molar-refractivity contribution in [2.24, 2.45) is 0 Å². The molecule has 0 aliphatic carbocycles. The van der Waals surface area contributed by atoms with Crippen molar-refractivity contribution in [2.45, 2.75) is 17.4 Å². The Kier molecular flexibility index (Phi) is 4.41. The molecule has 2 rings (SSSR count). The number of hydrogen-bond donors (Lipinski definition) is 2. The highest BCUT2D eigenvalue weighted by Gasteiger charge is 2.27. The Labute approximate surface area is 121 Å². The van der Waals surface area contributed by atoms with Crippen molar-refractivity contribution >= 4 is 44.8 Å². The van der Waals surface area contributed by atoms with E-state index in [9.17, 15) is 8.42 Å². The van der Waals surface area contributed by atoms with Gasteiger partial charge in [-0.05, 0) is 25.1 Å². The van der Waals surface area contributed by atoms with Crippen LogP contribution >= 0.6 is 34.8 Å². The topological polar surface area (TPSA) is 58.2 Å². The molecule has 1 aliphatic heterocycles. The quantitative estimate of drug-likeness (QED) is 0.894. The average molecular weight is 330 g/mol. The van der Waals surface area contributed by atoms with Crippen LogP contribution in [0, 0.1) is 0 Å². The lowest BCUT2D eigenvalue weighted by Gasteiger charge is -2.14. The molecule has 0 amide bonds. The Morgan fingerprint density at radius 3 is 2.33 bits per heavy atom.